The standard InChI is InChI=1S/C24H30FN3O2/c1-24(2,3)15-22(29)27-19-10-11-21(28-12-4-5-13-28)20(14-19)23(30)26-16-17-6-8-18(25)9-7-17/h6-11,14H,4-5,12-13,15-16H2,1-3H3,(H,26,30)(H,27,29). The van der Waals surface area contributed by atoms with Gasteiger partial charge in [0, 0.05) is 37.4 Å². The highest BCUT2D eigenvalue weighted by Gasteiger charge is 2.21. The second-order valence-electron chi connectivity index (χ2n) is 9.02. The Morgan fingerprint density at radius 2 is 1.70 bits per heavy atom. The zero-order valence-corrected chi connectivity index (χ0v) is 17.9. The second kappa shape index (κ2) is 9.28. The maximum absolute atomic E-state index is 13.1. The molecule has 0 atom stereocenters. The number of rotatable bonds is 6. The number of hydrogen-bond acceptors (Lipinski definition) is 3. The van der Waals surface area contributed by atoms with E-state index >= 15 is 0 Å². The lowest BCUT2D eigenvalue weighted by molar-refractivity contribution is -0.117. The highest BCUT2D eigenvalue weighted by atomic mass is 19.1. The Balaban J connectivity index is 1.78. The van der Waals surface area contributed by atoms with Crippen molar-refractivity contribution in [1.82, 2.24) is 5.32 Å². The molecule has 5 nitrogen and oxygen atoms in total. The Labute approximate surface area is 177 Å². The van der Waals surface area contributed by atoms with Crippen molar-refractivity contribution in [2.45, 2.75) is 46.6 Å². The number of nitrogens with zero attached hydrogens (tertiary/aromatic N) is 1. The number of carbonyl (C=O) groups excluding carboxylic acids is 2. The quantitative estimate of drug-likeness (QED) is 0.722. The molecule has 0 unspecified atom stereocenters. The molecule has 2 N–H and O–H groups in total. The van der Waals surface area contributed by atoms with Crippen molar-refractivity contribution in [3.63, 3.8) is 0 Å². The van der Waals surface area contributed by atoms with Crippen LogP contribution in [0.2, 0.25) is 0 Å². The van der Waals surface area contributed by atoms with Crippen LogP contribution in [0.1, 0.15) is 56.0 Å². The molecule has 1 saturated heterocycles. The summed E-state index contributed by atoms with van der Waals surface area (Å²) in [5.74, 6) is -0.595. The topological polar surface area (TPSA) is 61.4 Å². The van der Waals surface area contributed by atoms with Gasteiger partial charge < -0.3 is 15.5 Å². The third-order valence-corrected chi connectivity index (χ3v) is 5.03. The third-order valence-electron chi connectivity index (χ3n) is 5.03. The molecule has 2 amide bonds. The molecule has 1 heterocycles. The first-order chi connectivity index (χ1) is 14.2. The van der Waals surface area contributed by atoms with Gasteiger partial charge in [0.2, 0.25) is 5.91 Å². The zero-order valence-electron chi connectivity index (χ0n) is 17.9. The Hall–Kier alpha value is -2.89. The molecule has 160 valence electrons. The van der Waals surface area contributed by atoms with E-state index in [4.69, 9.17) is 0 Å². The number of anilines is 2. The van der Waals surface area contributed by atoms with Crippen molar-refractivity contribution < 1.29 is 14.0 Å². The number of amides is 2. The molecule has 0 aromatic heterocycles. The van der Waals surface area contributed by atoms with Gasteiger partial charge in [-0.15, -0.1) is 0 Å². The fraction of sp³-hybridized carbons (Fsp3) is 0.417. The van der Waals surface area contributed by atoms with Crippen LogP contribution in [0.5, 0.6) is 0 Å². The fourth-order valence-corrected chi connectivity index (χ4v) is 3.60. The molecule has 1 aliphatic heterocycles. The number of carbonyl (C=O) groups is 2. The van der Waals surface area contributed by atoms with Gasteiger partial charge in [0.05, 0.1) is 5.56 Å². The lowest BCUT2D eigenvalue weighted by Gasteiger charge is -2.22. The first kappa shape index (κ1) is 21.8. The van der Waals surface area contributed by atoms with Gasteiger partial charge in [-0.3, -0.25) is 9.59 Å². The molecule has 2 aromatic rings. The highest BCUT2D eigenvalue weighted by Crippen LogP contribution is 2.28. The van der Waals surface area contributed by atoms with Crippen molar-refractivity contribution in [2.75, 3.05) is 23.3 Å². The van der Waals surface area contributed by atoms with Crippen molar-refractivity contribution in [3.8, 4) is 0 Å². The van der Waals surface area contributed by atoms with Crippen molar-refractivity contribution in [1.29, 1.82) is 0 Å². The number of nitrogens with one attached hydrogen (secondary N) is 2. The van der Waals surface area contributed by atoms with Gasteiger partial charge in [-0.1, -0.05) is 32.9 Å². The van der Waals surface area contributed by atoms with Crippen molar-refractivity contribution >= 4 is 23.2 Å². The zero-order chi connectivity index (χ0) is 21.7. The predicted molar refractivity (Wildman–Crippen MR) is 118 cm³/mol. The average molecular weight is 412 g/mol. The first-order valence-electron chi connectivity index (χ1n) is 10.4. The van der Waals surface area contributed by atoms with Gasteiger partial charge in [-0.25, -0.2) is 4.39 Å². The minimum Gasteiger partial charge on any atom is -0.371 e. The highest BCUT2D eigenvalue weighted by molar-refractivity contribution is 6.02. The summed E-state index contributed by atoms with van der Waals surface area (Å²) in [6.45, 7) is 8.16. The summed E-state index contributed by atoms with van der Waals surface area (Å²) in [6, 6.07) is 11.6. The second-order valence-corrected chi connectivity index (χ2v) is 9.02. The smallest absolute Gasteiger partial charge is 0.253 e. The lowest BCUT2D eigenvalue weighted by Crippen LogP contribution is -2.27. The summed E-state index contributed by atoms with van der Waals surface area (Å²) < 4.78 is 13.1. The summed E-state index contributed by atoms with van der Waals surface area (Å²) in [7, 11) is 0. The molecule has 0 bridgehead atoms. The van der Waals surface area contributed by atoms with E-state index in [1.165, 1.54) is 12.1 Å². The van der Waals surface area contributed by atoms with E-state index in [-0.39, 0.29) is 23.0 Å². The average Bonchev–Trinajstić information content (AvgIpc) is 3.20. The molecule has 6 heteroatoms. The van der Waals surface area contributed by atoms with Gasteiger partial charge in [0.1, 0.15) is 5.82 Å². The van der Waals surface area contributed by atoms with Crippen LogP contribution in [-0.2, 0) is 11.3 Å². The van der Waals surface area contributed by atoms with Crippen LogP contribution < -0.4 is 15.5 Å². The molecule has 1 aliphatic rings. The van der Waals surface area contributed by atoms with Gasteiger partial charge in [-0.2, -0.15) is 0 Å². The minimum absolute atomic E-state index is 0.0749. The largest absolute Gasteiger partial charge is 0.371 e. The Bertz CT molecular complexity index is 898. The van der Waals surface area contributed by atoms with Crippen LogP contribution in [0.15, 0.2) is 42.5 Å². The summed E-state index contributed by atoms with van der Waals surface area (Å²) in [5, 5.41) is 5.83. The van der Waals surface area contributed by atoms with E-state index < -0.39 is 0 Å². The Morgan fingerprint density at radius 1 is 1.03 bits per heavy atom. The van der Waals surface area contributed by atoms with Crippen LogP contribution in [0.25, 0.3) is 0 Å². The Kier molecular flexibility index (Phi) is 6.75. The fourth-order valence-electron chi connectivity index (χ4n) is 3.60. The Morgan fingerprint density at radius 3 is 2.33 bits per heavy atom. The molecule has 2 aromatic carbocycles. The van der Waals surface area contributed by atoms with Crippen LogP contribution >= 0.6 is 0 Å². The summed E-state index contributed by atoms with van der Waals surface area (Å²) in [5.41, 5.74) is 2.72. The maximum Gasteiger partial charge on any atom is 0.253 e. The van der Waals surface area contributed by atoms with Crippen molar-refractivity contribution in [3.05, 3.63) is 59.4 Å². The molecular weight excluding hydrogens is 381 g/mol. The van der Waals surface area contributed by atoms with E-state index in [9.17, 15) is 14.0 Å². The molecule has 0 saturated carbocycles. The van der Waals surface area contributed by atoms with Gasteiger partial charge in [0.15, 0.2) is 0 Å². The van der Waals surface area contributed by atoms with Crippen LogP contribution in [0.4, 0.5) is 15.8 Å². The lowest BCUT2D eigenvalue weighted by atomic mass is 9.92. The van der Waals surface area contributed by atoms with Crippen LogP contribution in [0.3, 0.4) is 0 Å². The summed E-state index contributed by atoms with van der Waals surface area (Å²) in [4.78, 5) is 27.5. The molecule has 30 heavy (non-hydrogen) atoms. The maximum atomic E-state index is 13.1. The van der Waals surface area contributed by atoms with E-state index in [1.54, 1.807) is 18.2 Å². The molecular formula is C24H30FN3O2. The molecule has 0 radical (unpaired) electrons. The molecule has 0 aliphatic carbocycles. The normalized spacial score (nSPS) is 13.9. The molecule has 1 fully saturated rings. The third kappa shape index (κ3) is 6.05. The van der Waals surface area contributed by atoms with Gasteiger partial charge in [0.25, 0.3) is 5.91 Å². The number of halogens is 1. The van der Waals surface area contributed by atoms with E-state index in [0.717, 1.165) is 37.2 Å². The van der Waals surface area contributed by atoms with E-state index in [0.29, 0.717) is 24.2 Å². The molecule has 3 rings (SSSR count). The van der Waals surface area contributed by atoms with E-state index in [2.05, 4.69) is 15.5 Å². The summed E-state index contributed by atoms with van der Waals surface area (Å²) in [6.07, 6.45) is 2.59. The van der Waals surface area contributed by atoms with Gasteiger partial charge in [-0.05, 0) is 54.2 Å². The van der Waals surface area contributed by atoms with E-state index in [1.807, 2.05) is 32.9 Å². The number of hydrogen-bond donors (Lipinski definition) is 2. The monoisotopic (exact) mass is 411 g/mol. The SMILES string of the molecule is CC(C)(C)CC(=O)Nc1ccc(N2CCCC2)c(C(=O)NCc2ccc(F)cc2)c1. The van der Waals surface area contributed by atoms with Crippen molar-refractivity contribution in [2.24, 2.45) is 5.41 Å². The molecule has 0 spiro atoms. The van der Waals surface area contributed by atoms with Gasteiger partial charge >= 0.3 is 0 Å². The number of benzene rings is 2. The van der Waals surface area contributed by atoms with Crippen LogP contribution in [0, 0.1) is 11.2 Å². The predicted octanol–water partition coefficient (Wildman–Crippen LogP) is 4.73. The first-order valence-corrected chi connectivity index (χ1v) is 10.4. The minimum atomic E-state index is -0.305. The van der Waals surface area contributed by atoms with Crippen LogP contribution in [-0.4, -0.2) is 24.9 Å². The summed E-state index contributed by atoms with van der Waals surface area (Å²) >= 11 is 0.